The molecular formula is C22H31IN4O3. The summed E-state index contributed by atoms with van der Waals surface area (Å²) in [6.45, 7) is 5.14. The molecule has 0 saturated carbocycles. The van der Waals surface area contributed by atoms with E-state index in [1.54, 1.807) is 14.2 Å². The summed E-state index contributed by atoms with van der Waals surface area (Å²) in [5.41, 5.74) is 2.10. The Labute approximate surface area is 195 Å². The van der Waals surface area contributed by atoms with Crippen molar-refractivity contribution in [3.63, 3.8) is 0 Å². The van der Waals surface area contributed by atoms with E-state index in [9.17, 15) is 4.79 Å². The summed E-state index contributed by atoms with van der Waals surface area (Å²) in [6.07, 6.45) is -0.0569. The molecule has 0 heterocycles. The van der Waals surface area contributed by atoms with E-state index in [1.807, 2.05) is 62.4 Å². The van der Waals surface area contributed by atoms with E-state index in [2.05, 4.69) is 20.9 Å². The molecule has 0 radical (unpaired) electrons. The van der Waals surface area contributed by atoms with Crippen LogP contribution in [0.1, 0.15) is 18.1 Å². The number of hydrogen-bond donors (Lipinski definition) is 3. The van der Waals surface area contributed by atoms with E-state index in [1.165, 1.54) is 0 Å². The van der Waals surface area contributed by atoms with E-state index in [0.29, 0.717) is 19.0 Å². The largest absolute Gasteiger partial charge is 0.497 e. The number of ether oxygens (including phenoxy) is 2. The highest BCUT2D eigenvalue weighted by atomic mass is 127. The van der Waals surface area contributed by atoms with Gasteiger partial charge >= 0.3 is 0 Å². The van der Waals surface area contributed by atoms with Crippen molar-refractivity contribution in [2.45, 2.75) is 26.5 Å². The molecular weight excluding hydrogens is 495 g/mol. The Hall–Kier alpha value is -2.49. The standard InChI is InChI=1S/C22H30N4O3.HI/c1-16-7-5-6-8-20(16)29-17(2)13-25-22(23-3)26-15-21(27)24-14-18-9-11-19(28-4)12-10-18;/h5-12,17H,13-15H2,1-4H3,(H,24,27)(H2,23,25,26);1H. The second kappa shape index (κ2) is 13.7. The number of carbonyl (C=O) groups excluding carboxylic acids is 1. The van der Waals surface area contributed by atoms with Crippen molar-refractivity contribution in [1.29, 1.82) is 0 Å². The van der Waals surface area contributed by atoms with Crippen molar-refractivity contribution in [3.05, 3.63) is 59.7 Å². The van der Waals surface area contributed by atoms with E-state index < -0.39 is 0 Å². The molecule has 1 atom stereocenters. The van der Waals surface area contributed by atoms with Gasteiger partial charge in [0.05, 0.1) is 20.2 Å². The third-order valence-electron chi connectivity index (χ3n) is 4.27. The van der Waals surface area contributed by atoms with Crippen molar-refractivity contribution < 1.29 is 14.3 Å². The van der Waals surface area contributed by atoms with Gasteiger partial charge in [0.1, 0.15) is 17.6 Å². The molecule has 0 aliphatic heterocycles. The van der Waals surface area contributed by atoms with Gasteiger partial charge in [0.2, 0.25) is 5.91 Å². The van der Waals surface area contributed by atoms with Gasteiger partial charge in [0, 0.05) is 13.6 Å². The van der Waals surface area contributed by atoms with Gasteiger partial charge in [-0.25, -0.2) is 0 Å². The van der Waals surface area contributed by atoms with Gasteiger partial charge in [0.15, 0.2) is 5.96 Å². The van der Waals surface area contributed by atoms with Crippen LogP contribution in [0.25, 0.3) is 0 Å². The molecule has 8 heteroatoms. The number of nitrogens with zero attached hydrogens (tertiary/aromatic N) is 1. The molecule has 1 amide bonds. The normalized spacial score (nSPS) is 11.7. The number of carbonyl (C=O) groups is 1. The minimum atomic E-state index is -0.118. The number of guanidine groups is 1. The quantitative estimate of drug-likeness (QED) is 0.266. The molecule has 30 heavy (non-hydrogen) atoms. The molecule has 0 saturated heterocycles. The predicted octanol–water partition coefficient (Wildman–Crippen LogP) is 2.87. The van der Waals surface area contributed by atoms with Gasteiger partial charge in [-0.1, -0.05) is 30.3 Å². The van der Waals surface area contributed by atoms with Gasteiger partial charge in [-0.2, -0.15) is 0 Å². The van der Waals surface area contributed by atoms with Crippen LogP contribution in [0.15, 0.2) is 53.5 Å². The first kappa shape index (κ1) is 25.5. The molecule has 0 aliphatic rings. The molecule has 0 aliphatic carbocycles. The summed E-state index contributed by atoms with van der Waals surface area (Å²) in [4.78, 5) is 16.2. The number of nitrogens with one attached hydrogen (secondary N) is 3. The number of hydrogen-bond acceptors (Lipinski definition) is 4. The molecule has 0 spiro atoms. The second-order valence-electron chi connectivity index (χ2n) is 6.63. The number of aryl methyl sites for hydroxylation is 1. The Morgan fingerprint density at radius 3 is 2.40 bits per heavy atom. The number of halogens is 1. The van der Waals surface area contributed by atoms with Crippen LogP contribution >= 0.6 is 24.0 Å². The first-order chi connectivity index (χ1) is 14.0. The molecule has 0 aromatic heterocycles. The highest BCUT2D eigenvalue weighted by Crippen LogP contribution is 2.17. The number of para-hydroxylation sites is 1. The zero-order valence-corrected chi connectivity index (χ0v) is 20.2. The fourth-order valence-electron chi connectivity index (χ4n) is 2.58. The van der Waals surface area contributed by atoms with Crippen LogP contribution in [-0.2, 0) is 11.3 Å². The maximum Gasteiger partial charge on any atom is 0.239 e. The fraction of sp³-hybridized carbons (Fsp3) is 0.364. The Morgan fingerprint density at radius 2 is 1.77 bits per heavy atom. The summed E-state index contributed by atoms with van der Waals surface area (Å²) in [6, 6.07) is 15.5. The summed E-state index contributed by atoms with van der Waals surface area (Å²) in [5.74, 6) is 2.08. The molecule has 2 rings (SSSR count). The van der Waals surface area contributed by atoms with Gasteiger partial charge in [-0.3, -0.25) is 9.79 Å². The van der Waals surface area contributed by atoms with Crippen molar-refractivity contribution in [3.8, 4) is 11.5 Å². The molecule has 7 nitrogen and oxygen atoms in total. The van der Waals surface area contributed by atoms with Crippen molar-refractivity contribution in [1.82, 2.24) is 16.0 Å². The van der Waals surface area contributed by atoms with Gasteiger partial charge < -0.3 is 25.4 Å². The third-order valence-corrected chi connectivity index (χ3v) is 4.27. The van der Waals surface area contributed by atoms with Crippen molar-refractivity contribution >= 4 is 35.8 Å². The van der Waals surface area contributed by atoms with Crippen molar-refractivity contribution in [2.24, 2.45) is 4.99 Å². The molecule has 2 aromatic rings. The van der Waals surface area contributed by atoms with Crippen LogP contribution in [0.4, 0.5) is 0 Å². The number of methoxy groups -OCH3 is 1. The van der Waals surface area contributed by atoms with Gasteiger partial charge in [0.25, 0.3) is 0 Å². The highest BCUT2D eigenvalue weighted by Gasteiger charge is 2.08. The van der Waals surface area contributed by atoms with Crippen molar-refractivity contribution in [2.75, 3.05) is 27.2 Å². The van der Waals surface area contributed by atoms with Crippen LogP contribution < -0.4 is 25.4 Å². The smallest absolute Gasteiger partial charge is 0.239 e. The topological polar surface area (TPSA) is 84.0 Å². The zero-order valence-electron chi connectivity index (χ0n) is 17.9. The van der Waals surface area contributed by atoms with Crippen LogP contribution in [-0.4, -0.2) is 45.2 Å². The number of rotatable bonds is 9. The summed E-state index contributed by atoms with van der Waals surface area (Å²) in [5, 5.41) is 9.05. The lowest BCUT2D eigenvalue weighted by atomic mass is 10.2. The van der Waals surface area contributed by atoms with Crippen LogP contribution in [0.2, 0.25) is 0 Å². The minimum Gasteiger partial charge on any atom is -0.497 e. The SMILES string of the molecule is CN=C(NCC(=O)NCc1ccc(OC)cc1)NCC(C)Oc1ccccc1C.I. The first-order valence-corrected chi connectivity index (χ1v) is 9.58. The Bertz CT molecular complexity index is 812. The van der Waals surface area contributed by atoms with Crippen LogP contribution in [0, 0.1) is 6.92 Å². The molecule has 164 valence electrons. The summed E-state index contributed by atoms with van der Waals surface area (Å²) >= 11 is 0. The predicted molar refractivity (Wildman–Crippen MR) is 131 cm³/mol. The lowest BCUT2D eigenvalue weighted by Gasteiger charge is -2.18. The Kier molecular flexibility index (Phi) is 11.7. The summed E-state index contributed by atoms with van der Waals surface area (Å²) in [7, 11) is 3.29. The third kappa shape index (κ3) is 8.89. The van der Waals surface area contributed by atoms with E-state index in [4.69, 9.17) is 9.47 Å². The number of benzene rings is 2. The van der Waals surface area contributed by atoms with Crippen LogP contribution in [0.5, 0.6) is 11.5 Å². The fourth-order valence-corrected chi connectivity index (χ4v) is 2.58. The Morgan fingerprint density at radius 1 is 1.07 bits per heavy atom. The maximum absolute atomic E-state index is 12.1. The lowest BCUT2D eigenvalue weighted by molar-refractivity contribution is -0.120. The highest BCUT2D eigenvalue weighted by molar-refractivity contribution is 14.0. The maximum atomic E-state index is 12.1. The second-order valence-corrected chi connectivity index (χ2v) is 6.63. The minimum absolute atomic E-state index is 0. The average molecular weight is 526 g/mol. The van der Waals surface area contributed by atoms with E-state index >= 15 is 0 Å². The molecule has 3 N–H and O–H groups in total. The molecule has 0 fully saturated rings. The zero-order chi connectivity index (χ0) is 21.1. The monoisotopic (exact) mass is 526 g/mol. The first-order valence-electron chi connectivity index (χ1n) is 9.58. The van der Waals surface area contributed by atoms with Gasteiger partial charge in [-0.15, -0.1) is 24.0 Å². The lowest BCUT2D eigenvalue weighted by Crippen LogP contribution is -2.45. The molecule has 1 unspecified atom stereocenters. The molecule has 2 aromatic carbocycles. The average Bonchev–Trinajstić information content (AvgIpc) is 2.74. The molecule has 0 bridgehead atoms. The summed E-state index contributed by atoms with van der Waals surface area (Å²) < 4.78 is 11.1. The Balaban J connectivity index is 0.00000450. The van der Waals surface area contributed by atoms with E-state index in [0.717, 1.165) is 22.6 Å². The van der Waals surface area contributed by atoms with E-state index in [-0.39, 0.29) is 42.5 Å². The van der Waals surface area contributed by atoms with Gasteiger partial charge in [-0.05, 0) is 43.2 Å². The number of amides is 1. The van der Waals surface area contributed by atoms with Crippen LogP contribution in [0.3, 0.4) is 0 Å². The number of aliphatic imine (C=N–C) groups is 1.